The molecule has 2 saturated carbocycles. The SMILES string of the molecule is COc1ncnc(C2CC2)c1-c1ncc2c(n1)N(Cc1ccc(-c3nc(C(C)(F)F)cn3C)cc1)C1(CC1)C(=O)N2C. The molecular formula is C30H30F2N8O2. The molecule has 0 N–H and O–H groups in total. The molecule has 0 atom stereocenters. The van der Waals surface area contributed by atoms with E-state index >= 15 is 0 Å². The lowest BCUT2D eigenvalue weighted by atomic mass is 10.0. The van der Waals surface area contributed by atoms with Crippen LogP contribution >= 0.6 is 0 Å². The molecule has 1 spiro atoms. The number of hydrogen-bond donors (Lipinski definition) is 0. The van der Waals surface area contributed by atoms with E-state index in [1.54, 1.807) is 36.9 Å². The molecule has 1 amide bonds. The smallest absolute Gasteiger partial charge is 0.288 e. The number of methoxy groups -OCH3 is 1. The zero-order chi connectivity index (χ0) is 29.4. The topological polar surface area (TPSA) is 102 Å². The highest BCUT2D eigenvalue weighted by atomic mass is 19.3. The third-order valence-electron chi connectivity index (χ3n) is 8.41. The summed E-state index contributed by atoms with van der Waals surface area (Å²) in [5.74, 6) is -0.674. The van der Waals surface area contributed by atoms with Crippen LogP contribution in [0.2, 0.25) is 0 Å². The van der Waals surface area contributed by atoms with Crippen LogP contribution in [-0.4, -0.2) is 55.1 Å². The van der Waals surface area contributed by atoms with Gasteiger partial charge in [-0.2, -0.15) is 8.78 Å². The summed E-state index contributed by atoms with van der Waals surface area (Å²) in [7, 11) is 5.04. The first-order valence-electron chi connectivity index (χ1n) is 13.9. The molecule has 0 saturated heterocycles. The van der Waals surface area contributed by atoms with Crippen LogP contribution in [0.15, 0.2) is 43.0 Å². The van der Waals surface area contributed by atoms with Gasteiger partial charge in [0, 0.05) is 45.2 Å². The Morgan fingerprint density at radius 3 is 2.43 bits per heavy atom. The summed E-state index contributed by atoms with van der Waals surface area (Å²) in [6.07, 6.45) is 8.08. The Kier molecular flexibility index (Phi) is 5.83. The van der Waals surface area contributed by atoms with Gasteiger partial charge in [-0.25, -0.2) is 24.9 Å². The molecule has 0 unspecified atom stereocenters. The lowest BCUT2D eigenvalue weighted by Crippen LogP contribution is -2.54. The first-order valence-corrected chi connectivity index (χ1v) is 13.9. The van der Waals surface area contributed by atoms with E-state index in [2.05, 4.69) is 24.8 Å². The van der Waals surface area contributed by atoms with E-state index in [9.17, 15) is 13.6 Å². The average molecular weight is 573 g/mol. The third kappa shape index (κ3) is 4.19. The number of anilines is 2. The molecule has 3 aliphatic rings. The number of aryl methyl sites for hydroxylation is 1. The number of aromatic nitrogens is 6. The van der Waals surface area contributed by atoms with Crippen LogP contribution in [0, 0.1) is 0 Å². The number of carbonyl (C=O) groups excluding carboxylic acids is 1. The normalized spacial score (nSPS) is 17.5. The molecule has 2 aliphatic carbocycles. The maximum Gasteiger partial charge on any atom is 0.288 e. The van der Waals surface area contributed by atoms with E-state index < -0.39 is 11.5 Å². The van der Waals surface area contributed by atoms with E-state index in [0.717, 1.165) is 49.4 Å². The van der Waals surface area contributed by atoms with Gasteiger partial charge in [0.15, 0.2) is 11.6 Å². The standard InChI is InChI=1S/C30H30F2N8O2/c1-29(31,32)21-15-38(2)25(36-21)19-7-5-17(6-8-19)14-40-26-20(39(3)28(41)30(40)11-12-30)13-33-24(37-26)22-23(18-9-10-18)34-16-35-27(22)42-4/h5-8,13,15-16,18H,9-12,14H2,1-4H3. The van der Waals surface area contributed by atoms with Crippen molar-refractivity contribution >= 4 is 17.4 Å². The minimum atomic E-state index is -3.02. The molecule has 2 fully saturated rings. The number of nitrogens with zero attached hydrogens (tertiary/aromatic N) is 8. The highest BCUT2D eigenvalue weighted by Crippen LogP contribution is 2.52. The lowest BCUT2D eigenvalue weighted by molar-refractivity contribution is -0.120. The molecule has 0 radical (unpaired) electrons. The van der Waals surface area contributed by atoms with Gasteiger partial charge in [0.05, 0.1) is 19.0 Å². The minimum Gasteiger partial charge on any atom is -0.480 e. The Labute approximate surface area is 241 Å². The van der Waals surface area contributed by atoms with Gasteiger partial charge in [-0.05, 0) is 31.2 Å². The summed E-state index contributed by atoms with van der Waals surface area (Å²) in [6.45, 7) is 1.27. The van der Waals surface area contributed by atoms with Gasteiger partial charge < -0.3 is 19.1 Å². The molecule has 3 aromatic heterocycles. The van der Waals surface area contributed by atoms with Crippen molar-refractivity contribution in [2.24, 2.45) is 7.05 Å². The molecule has 4 aromatic rings. The summed E-state index contributed by atoms with van der Waals surface area (Å²) in [6, 6.07) is 7.61. The lowest BCUT2D eigenvalue weighted by Gasteiger charge is -2.41. The maximum atomic E-state index is 13.9. The van der Waals surface area contributed by atoms with Crippen LogP contribution < -0.4 is 14.5 Å². The Bertz CT molecular complexity index is 1710. The second-order valence-corrected chi connectivity index (χ2v) is 11.4. The van der Waals surface area contributed by atoms with Crippen molar-refractivity contribution in [2.75, 3.05) is 24.0 Å². The fourth-order valence-electron chi connectivity index (χ4n) is 5.79. The fourth-order valence-corrected chi connectivity index (χ4v) is 5.79. The van der Waals surface area contributed by atoms with Crippen molar-refractivity contribution in [3.8, 4) is 28.7 Å². The van der Waals surface area contributed by atoms with E-state index in [4.69, 9.17) is 9.72 Å². The predicted octanol–water partition coefficient (Wildman–Crippen LogP) is 4.85. The van der Waals surface area contributed by atoms with Crippen molar-refractivity contribution in [1.82, 2.24) is 29.5 Å². The number of halogens is 2. The van der Waals surface area contributed by atoms with Gasteiger partial charge in [0.1, 0.15) is 34.6 Å². The average Bonchev–Trinajstić information content (AvgIpc) is 3.92. The third-order valence-corrected chi connectivity index (χ3v) is 8.41. The van der Waals surface area contributed by atoms with Crippen molar-refractivity contribution in [1.29, 1.82) is 0 Å². The molecule has 1 aromatic carbocycles. The van der Waals surface area contributed by atoms with Crippen LogP contribution in [-0.2, 0) is 24.3 Å². The molecule has 0 bridgehead atoms. The number of ether oxygens (including phenoxy) is 1. The van der Waals surface area contributed by atoms with Crippen molar-refractivity contribution in [2.45, 2.75) is 56.5 Å². The van der Waals surface area contributed by atoms with Crippen LogP contribution in [0.25, 0.3) is 22.8 Å². The van der Waals surface area contributed by atoms with Crippen LogP contribution in [0.4, 0.5) is 20.3 Å². The van der Waals surface area contributed by atoms with E-state index in [1.807, 2.05) is 24.3 Å². The van der Waals surface area contributed by atoms with Crippen molar-refractivity contribution < 1.29 is 18.3 Å². The number of fused-ring (bicyclic) bond motifs is 1. The Morgan fingerprint density at radius 1 is 1.07 bits per heavy atom. The predicted molar refractivity (Wildman–Crippen MR) is 151 cm³/mol. The summed E-state index contributed by atoms with van der Waals surface area (Å²) >= 11 is 0. The fraction of sp³-hybridized carbons (Fsp3) is 0.400. The van der Waals surface area contributed by atoms with Gasteiger partial charge in [-0.15, -0.1) is 0 Å². The Hall–Kier alpha value is -4.48. The molecule has 42 heavy (non-hydrogen) atoms. The van der Waals surface area contributed by atoms with Crippen LogP contribution in [0.5, 0.6) is 5.88 Å². The first-order chi connectivity index (χ1) is 20.1. The van der Waals surface area contributed by atoms with Gasteiger partial charge >= 0.3 is 0 Å². The summed E-state index contributed by atoms with van der Waals surface area (Å²) in [4.78, 5) is 40.0. The molecule has 10 nitrogen and oxygen atoms in total. The van der Waals surface area contributed by atoms with E-state index in [-0.39, 0.29) is 11.6 Å². The number of alkyl halides is 2. The van der Waals surface area contributed by atoms with Gasteiger partial charge in [-0.1, -0.05) is 24.3 Å². The molecular weight excluding hydrogens is 542 g/mol. The van der Waals surface area contributed by atoms with Crippen molar-refractivity contribution in [3.63, 3.8) is 0 Å². The minimum absolute atomic E-state index is 0.0169. The Balaban J connectivity index is 1.26. The van der Waals surface area contributed by atoms with Gasteiger partial charge in [0.2, 0.25) is 5.88 Å². The molecule has 12 heteroatoms. The first kappa shape index (κ1) is 26.4. The number of amides is 1. The number of imidazole rings is 1. The van der Waals surface area contributed by atoms with Crippen LogP contribution in [0.3, 0.4) is 0 Å². The molecule has 4 heterocycles. The number of likely N-dealkylation sites (N-methyl/N-ethyl adjacent to an activating group) is 1. The zero-order valence-electron chi connectivity index (χ0n) is 23.8. The summed E-state index contributed by atoms with van der Waals surface area (Å²) in [5, 5.41) is 0. The second kappa shape index (κ2) is 9.27. The van der Waals surface area contributed by atoms with Gasteiger partial charge in [-0.3, -0.25) is 4.79 Å². The highest BCUT2D eigenvalue weighted by molar-refractivity contribution is 6.09. The highest BCUT2D eigenvalue weighted by Gasteiger charge is 2.59. The monoisotopic (exact) mass is 572 g/mol. The maximum absolute atomic E-state index is 13.9. The van der Waals surface area contributed by atoms with Crippen molar-refractivity contribution in [3.05, 3.63) is 59.9 Å². The number of benzene rings is 1. The summed E-state index contributed by atoms with van der Waals surface area (Å²) in [5.41, 5.74) is 2.92. The van der Waals surface area contributed by atoms with E-state index in [0.29, 0.717) is 47.1 Å². The molecule has 216 valence electrons. The second-order valence-electron chi connectivity index (χ2n) is 11.4. The largest absolute Gasteiger partial charge is 0.480 e. The molecule has 1 aliphatic heterocycles. The summed E-state index contributed by atoms with van der Waals surface area (Å²) < 4.78 is 34.9. The number of hydrogen-bond acceptors (Lipinski definition) is 8. The Morgan fingerprint density at radius 2 is 1.81 bits per heavy atom. The quantitative estimate of drug-likeness (QED) is 0.310. The van der Waals surface area contributed by atoms with Gasteiger partial charge in [0.25, 0.3) is 11.8 Å². The zero-order valence-corrected chi connectivity index (χ0v) is 23.8. The van der Waals surface area contributed by atoms with E-state index in [1.165, 1.54) is 12.5 Å². The van der Waals surface area contributed by atoms with Crippen LogP contribution in [0.1, 0.15) is 55.5 Å². The number of rotatable bonds is 7. The molecule has 7 rings (SSSR count). The number of carbonyl (C=O) groups is 1.